The molecule has 2 aromatic heterocycles. The molecule has 0 amide bonds. The Hall–Kier alpha value is -2.09. The molecular weight excluding hydrogens is 394 g/mol. The number of imidazole rings is 1. The van der Waals surface area contributed by atoms with E-state index >= 15 is 0 Å². The number of fused-ring (bicyclic) bond motifs is 1. The predicted octanol–water partition coefficient (Wildman–Crippen LogP) is 3.06. The number of hydrogen-bond acceptors (Lipinski definition) is 4. The molecule has 1 aliphatic heterocycles. The number of rotatable bonds is 4. The lowest BCUT2D eigenvalue weighted by atomic mass is 10.2. The van der Waals surface area contributed by atoms with Gasteiger partial charge in [0.25, 0.3) is 0 Å². The molecule has 0 N–H and O–H groups in total. The second kappa shape index (κ2) is 7.39. The monoisotopic (exact) mass is 417 g/mol. The molecule has 1 unspecified atom stereocenters. The minimum absolute atomic E-state index is 0.572. The van der Waals surface area contributed by atoms with Crippen molar-refractivity contribution in [1.29, 1.82) is 0 Å². The maximum Gasteiger partial charge on any atom is 0.142 e. The topological polar surface area (TPSA) is 54.3 Å². The fourth-order valence-corrected chi connectivity index (χ4v) is 4.97. The summed E-state index contributed by atoms with van der Waals surface area (Å²) in [5.41, 5.74) is 2.86. The first-order chi connectivity index (χ1) is 13.4. The lowest BCUT2D eigenvalue weighted by Crippen LogP contribution is -2.49. The maximum absolute atomic E-state index is 12.5. The molecule has 28 heavy (non-hydrogen) atoms. The second-order valence-corrected chi connectivity index (χ2v) is 10.0. The summed E-state index contributed by atoms with van der Waals surface area (Å²) in [5.74, 6) is 6.15. The van der Waals surface area contributed by atoms with Crippen LogP contribution in [0.2, 0.25) is 5.02 Å². The molecule has 3 heterocycles. The number of hydrogen-bond donors (Lipinski definition) is 0. The Morgan fingerprint density at radius 1 is 1.21 bits per heavy atom. The zero-order chi connectivity index (χ0) is 19.9. The van der Waals surface area contributed by atoms with Crippen molar-refractivity contribution in [2.75, 3.05) is 36.8 Å². The van der Waals surface area contributed by atoms with Gasteiger partial charge in [-0.05, 0) is 24.1 Å². The van der Waals surface area contributed by atoms with Crippen LogP contribution in [0.25, 0.3) is 22.4 Å². The number of benzene rings is 1. The van der Waals surface area contributed by atoms with Gasteiger partial charge in [-0.25, -0.2) is 14.3 Å². The average molecular weight is 418 g/mol. The number of nitrogens with zero attached hydrogens (tertiary/aromatic N) is 5. The molecule has 1 fully saturated rings. The van der Waals surface area contributed by atoms with Gasteiger partial charge in [0.1, 0.15) is 11.6 Å². The quantitative estimate of drug-likeness (QED) is 0.612. The highest BCUT2D eigenvalue weighted by atomic mass is 35.5. The van der Waals surface area contributed by atoms with E-state index in [2.05, 4.69) is 20.3 Å². The van der Waals surface area contributed by atoms with E-state index in [0.717, 1.165) is 41.3 Å². The SMILES string of the molecule is C=S(=O)(CC)N1CCN(c2cc(-c3nc4ccccc4n3C)c(Cl)cn2)CC1. The van der Waals surface area contributed by atoms with Gasteiger partial charge in [0.05, 0.1) is 16.1 Å². The molecule has 0 saturated carbocycles. The van der Waals surface area contributed by atoms with E-state index in [0.29, 0.717) is 23.9 Å². The third kappa shape index (κ3) is 3.38. The summed E-state index contributed by atoms with van der Waals surface area (Å²) in [6.45, 7) is 4.85. The Morgan fingerprint density at radius 2 is 1.93 bits per heavy atom. The molecule has 0 spiro atoms. The number of aryl methyl sites for hydroxylation is 1. The van der Waals surface area contributed by atoms with Crippen molar-refractivity contribution in [3.05, 3.63) is 41.6 Å². The molecule has 148 valence electrons. The van der Waals surface area contributed by atoms with Crippen LogP contribution in [-0.4, -0.2) is 60.9 Å². The molecule has 1 aromatic carbocycles. The van der Waals surface area contributed by atoms with E-state index in [9.17, 15) is 4.21 Å². The Bertz CT molecular complexity index is 1120. The first kappa shape index (κ1) is 19.2. The van der Waals surface area contributed by atoms with Gasteiger partial charge in [-0.2, -0.15) is 0 Å². The minimum Gasteiger partial charge on any atom is -0.354 e. The highest BCUT2D eigenvalue weighted by molar-refractivity contribution is 7.98. The normalized spacial score (nSPS) is 17.8. The zero-order valence-electron chi connectivity index (χ0n) is 16.1. The highest BCUT2D eigenvalue weighted by Gasteiger charge is 2.23. The van der Waals surface area contributed by atoms with E-state index in [1.807, 2.05) is 48.6 Å². The summed E-state index contributed by atoms with van der Waals surface area (Å²) in [6, 6.07) is 10.0. The molecule has 8 heteroatoms. The summed E-state index contributed by atoms with van der Waals surface area (Å²) in [5, 5.41) is 0.576. The van der Waals surface area contributed by atoms with Crippen LogP contribution in [0.4, 0.5) is 5.82 Å². The molecule has 3 aromatic rings. The van der Waals surface area contributed by atoms with E-state index in [-0.39, 0.29) is 0 Å². The Labute approximate surface area is 170 Å². The van der Waals surface area contributed by atoms with Crippen LogP contribution in [-0.2, 0) is 16.8 Å². The van der Waals surface area contributed by atoms with Crippen LogP contribution in [0.3, 0.4) is 0 Å². The largest absolute Gasteiger partial charge is 0.354 e. The van der Waals surface area contributed by atoms with Crippen molar-refractivity contribution in [3.8, 4) is 11.4 Å². The van der Waals surface area contributed by atoms with Gasteiger partial charge in [-0.15, -0.1) is 0 Å². The summed E-state index contributed by atoms with van der Waals surface area (Å²) >= 11 is 6.48. The molecule has 0 bridgehead atoms. The number of piperazine rings is 1. The van der Waals surface area contributed by atoms with Gasteiger partial charge in [-0.3, -0.25) is 4.21 Å². The van der Waals surface area contributed by atoms with E-state index in [1.165, 1.54) is 0 Å². The first-order valence-corrected chi connectivity index (χ1v) is 11.6. The number of para-hydroxylation sites is 2. The van der Waals surface area contributed by atoms with Crippen molar-refractivity contribution in [1.82, 2.24) is 18.8 Å². The fraction of sp³-hybridized carbons (Fsp3) is 0.350. The van der Waals surface area contributed by atoms with Crippen molar-refractivity contribution in [2.24, 2.45) is 7.05 Å². The number of pyridine rings is 1. The van der Waals surface area contributed by atoms with Crippen molar-refractivity contribution < 1.29 is 4.21 Å². The Kier molecular flexibility index (Phi) is 5.07. The van der Waals surface area contributed by atoms with Gasteiger partial charge < -0.3 is 9.47 Å². The molecule has 6 nitrogen and oxygen atoms in total. The Morgan fingerprint density at radius 3 is 2.61 bits per heavy atom. The summed E-state index contributed by atoms with van der Waals surface area (Å²) in [6.07, 6.45) is 1.69. The Balaban J connectivity index is 1.64. The van der Waals surface area contributed by atoms with E-state index in [4.69, 9.17) is 16.6 Å². The van der Waals surface area contributed by atoms with Crippen LogP contribution in [0.1, 0.15) is 6.92 Å². The molecular formula is C20H24ClN5OS. The summed E-state index contributed by atoms with van der Waals surface area (Å²) in [7, 11) is -0.158. The van der Waals surface area contributed by atoms with Crippen LogP contribution >= 0.6 is 11.6 Å². The van der Waals surface area contributed by atoms with Crippen LogP contribution < -0.4 is 4.90 Å². The van der Waals surface area contributed by atoms with Gasteiger partial charge in [0.15, 0.2) is 0 Å². The summed E-state index contributed by atoms with van der Waals surface area (Å²) in [4.78, 5) is 11.5. The van der Waals surface area contributed by atoms with Crippen molar-refractivity contribution in [2.45, 2.75) is 6.92 Å². The van der Waals surface area contributed by atoms with Crippen molar-refractivity contribution >= 4 is 44.0 Å². The molecule has 1 atom stereocenters. The van der Waals surface area contributed by atoms with Crippen LogP contribution in [0, 0.1) is 0 Å². The standard InChI is InChI=1S/C20H24ClN5OS/c1-4-28(3,27)26-11-9-25(10-12-26)19-13-15(16(21)14-22-19)20-23-17-7-5-6-8-18(17)24(20)2/h5-8,13-14H,3-4,9-12H2,1-2H3. The lowest BCUT2D eigenvalue weighted by Gasteiger charge is -2.36. The number of anilines is 1. The van der Waals surface area contributed by atoms with E-state index in [1.54, 1.807) is 6.20 Å². The molecule has 0 aliphatic carbocycles. The van der Waals surface area contributed by atoms with Gasteiger partial charge in [0.2, 0.25) is 0 Å². The number of aromatic nitrogens is 3. The molecule has 4 rings (SSSR count). The first-order valence-electron chi connectivity index (χ1n) is 9.33. The highest BCUT2D eigenvalue weighted by Crippen LogP contribution is 2.32. The summed E-state index contributed by atoms with van der Waals surface area (Å²) < 4.78 is 16.6. The van der Waals surface area contributed by atoms with Crippen LogP contribution in [0.5, 0.6) is 0 Å². The lowest BCUT2D eigenvalue weighted by molar-refractivity contribution is 0.407. The molecule has 1 aliphatic rings. The zero-order valence-corrected chi connectivity index (χ0v) is 17.7. The molecule has 1 saturated heterocycles. The maximum atomic E-state index is 12.5. The average Bonchev–Trinajstić information content (AvgIpc) is 3.05. The predicted molar refractivity (Wildman–Crippen MR) is 119 cm³/mol. The van der Waals surface area contributed by atoms with Gasteiger partial charge >= 0.3 is 0 Å². The second-order valence-electron chi connectivity index (χ2n) is 6.98. The van der Waals surface area contributed by atoms with E-state index < -0.39 is 9.71 Å². The number of halogens is 1. The van der Waals surface area contributed by atoms with Gasteiger partial charge in [0, 0.05) is 60.4 Å². The van der Waals surface area contributed by atoms with Crippen molar-refractivity contribution in [3.63, 3.8) is 0 Å². The third-order valence-electron chi connectivity index (χ3n) is 5.35. The van der Waals surface area contributed by atoms with Crippen LogP contribution in [0.15, 0.2) is 36.5 Å². The van der Waals surface area contributed by atoms with Gasteiger partial charge in [-0.1, -0.05) is 30.7 Å². The molecule has 0 radical (unpaired) electrons. The minimum atomic E-state index is -2.15. The smallest absolute Gasteiger partial charge is 0.142 e. The third-order valence-corrected chi connectivity index (χ3v) is 7.86. The fourth-order valence-electron chi connectivity index (χ4n) is 3.59.